The van der Waals surface area contributed by atoms with Crippen molar-refractivity contribution in [3.8, 4) is 0 Å². The molecule has 1 heterocycles. The zero-order valence-electron chi connectivity index (χ0n) is 14.2. The van der Waals surface area contributed by atoms with E-state index in [1.165, 1.54) is 9.78 Å². The SMILES string of the molecule is CN(CC(=O)NCC(c1cccs1)N(C)C)C(=O)c1ccccc1. The number of rotatable bonds is 7. The van der Waals surface area contributed by atoms with Gasteiger partial charge >= 0.3 is 0 Å². The molecular formula is C18H23N3O2S. The standard InChI is InChI=1S/C18H23N3O2S/c1-20(2)15(16-10-7-11-24-16)12-19-17(22)13-21(3)18(23)14-8-5-4-6-9-14/h4-11,15H,12-13H2,1-3H3,(H,19,22). The van der Waals surface area contributed by atoms with Crippen molar-refractivity contribution in [1.29, 1.82) is 0 Å². The van der Waals surface area contributed by atoms with Crippen molar-refractivity contribution in [3.05, 3.63) is 58.3 Å². The van der Waals surface area contributed by atoms with Gasteiger partial charge in [-0.15, -0.1) is 11.3 Å². The topological polar surface area (TPSA) is 52.7 Å². The lowest BCUT2D eigenvalue weighted by Crippen LogP contribution is -2.41. The molecule has 1 aromatic carbocycles. The van der Waals surface area contributed by atoms with E-state index in [4.69, 9.17) is 0 Å². The Balaban J connectivity index is 1.87. The summed E-state index contributed by atoms with van der Waals surface area (Å²) in [5.41, 5.74) is 0.581. The molecule has 0 aliphatic carbocycles. The summed E-state index contributed by atoms with van der Waals surface area (Å²) in [6.45, 7) is 0.554. The number of nitrogens with one attached hydrogen (secondary N) is 1. The second kappa shape index (κ2) is 8.61. The van der Waals surface area contributed by atoms with E-state index in [2.05, 4.69) is 16.3 Å². The zero-order valence-corrected chi connectivity index (χ0v) is 15.0. The van der Waals surface area contributed by atoms with Gasteiger partial charge in [0.1, 0.15) is 0 Å². The molecule has 2 aromatic rings. The van der Waals surface area contributed by atoms with Gasteiger partial charge in [-0.3, -0.25) is 9.59 Å². The van der Waals surface area contributed by atoms with Crippen LogP contribution >= 0.6 is 11.3 Å². The minimum absolute atomic E-state index is 0.0400. The van der Waals surface area contributed by atoms with Gasteiger partial charge < -0.3 is 15.1 Å². The summed E-state index contributed by atoms with van der Waals surface area (Å²) in [4.78, 5) is 29.1. The number of nitrogens with zero attached hydrogens (tertiary/aromatic N) is 2. The molecule has 128 valence electrons. The van der Waals surface area contributed by atoms with Crippen molar-refractivity contribution in [2.75, 3.05) is 34.2 Å². The van der Waals surface area contributed by atoms with Crippen molar-refractivity contribution in [2.24, 2.45) is 0 Å². The third-order valence-electron chi connectivity index (χ3n) is 3.74. The molecule has 0 bridgehead atoms. The minimum atomic E-state index is -0.162. The molecule has 0 fully saturated rings. The van der Waals surface area contributed by atoms with E-state index >= 15 is 0 Å². The predicted octanol–water partition coefficient (Wildman–Crippen LogP) is 2.24. The van der Waals surface area contributed by atoms with Gasteiger partial charge in [-0.2, -0.15) is 0 Å². The Morgan fingerprint density at radius 3 is 2.38 bits per heavy atom. The van der Waals surface area contributed by atoms with Crippen molar-refractivity contribution in [3.63, 3.8) is 0 Å². The van der Waals surface area contributed by atoms with E-state index in [9.17, 15) is 9.59 Å². The van der Waals surface area contributed by atoms with Gasteiger partial charge in [0, 0.05) is 24.0 Å². The Morgan fingerprint density at radius 1 is 1.08 bits per heavy atom. The molecule has 1 aromatic heterocycles. The number of carbonyl (C=O) groups excluding carboxylic acids is 2. The summed E-state index contributed by atoms with van der Waals surface area (Å²) in [6, 6.07) is 13.2. The molecular weight excluding hydrogens is 322 g/mol. The first-order valence-electron chi connectivity index (χ1n) is 7.76. The maximum absolute atomic E-state index is 12.3. The first-order chi connectivity index (χ1) is 11.5. The Hall–Kier alpha value is -2.18. The molecule has 1 atom stereocenters. The quantitative estimate of drug-likeness (QED) is 0.837. The normalized spacial score (nSPS) is 12.0. The van der Waals surface area contributed by atoms with Gasteiger partial charge in [0.2, 0.25) is 5.91 Å². The Morgan fingerprint density at radius 2 is 1.79 bits per heavy atom. The molecule has 1 N–H and O–H groups in total. The van der Waals surface area contributed by atoms with Crippen molar-refractivity contribution >= 4 is 23.2 Å². The summed E-state index contributed by atoms with van der Waals surface area (Å²) < 4.78 is 0. The first-order valence-corrected chi connectivity index (χ1v) is 8.64. The average Bonchev–Trinajstić information content (AvgIpc) is 3.09. The average molecular weight is 345 g/mol. The number of hydrogen-bond donors (Lipinski definition) is 1. The number of likely N-dealkylation sites (N-methyl/N-ethyl adjacent to an activating group) is 2. The van der Waals surface area contributed by atoms with Crippen LogP contribution in [0.1, 0.15) is 21.3 Å². The van der Waals surface area contributed by atoms with Crippen LogP contribution in [-0.4, -0.2) is 55.8 Å². The molecule has 0 spiro atoms. The Labute approximate surface area is 146 Å². The van der Waals surface area contributed by atoms with Crippen molar-refractivity contribution < 1.29 is 9.59 Å². The van der Waals surface area contributed by atoms with Crippen LogP contribution in [0, 0.1) is 0 Å². The fourth-order valence-electron chi connectivity index (χ4n) is 2.37. The summed E-state index contributed by atoms with van der Waals surface area (Å²) in [5.74, 6) is -0.321. The molecule has 2 amide bonds. The second-order valence-electron chi connectivity index (χ2n) is 5.83. The summed E-state index contributed by atoms with van der Waals surface area (Å²) in [7, 11) is 5.61. The highest BCUT2D eigenvalue weighted by Gasteiger charge is 2.18. The van der Waals surface area contributed by atoms with E-state index in [-0.39, 0.29) is 24.4 Å². The molecule has 0 aliphatic heterocycles. The molecule has 24 heavy (non-hydrogen) atoms. The van der Waals surface area contributed by atoms with E-state index in [0.29, 0.717) is 12.1 Å². The van der Waals surface area contributed by atoms with E-state index in [1.807, 2.05) is 43.7 Å². The van der Waals surface area contributed by atoms with Crippen LogP contribution < -0.4 is 5.32 Å². The molecule has 1 unspecified atom stereocenters. The van der Waals surface area contributed by atoms with Crippen LogP contribution in [0.3, 0.4) is 0 Å². The van der Waals surface area contributed by atoms with Gasteiger partial charge in [-0.1, -0.05) is 24.3 Å². The van der Waals surface area contributed by atoms with E-state index < -0.39 is 0 Å². The molecule has 0 radical (unpaired) electrons. The van der Waals surface area contributed by atoms with Gasteiger partial charge in [0.05, 0.1) is 12.6 Å². The fraction of sp³-hybridized carbons (Fsp3) is 0.333. The lowest BCUT2D eigenvalue weighted by Gasteiger charge is -2.24. The van der Waals surface area contributed by atoms with Crippen molar-refractivity contribution in [1.82, 2.24) is 15.1 Å². The third kappa shape index (κ3) is 4.91. The monoisotopic (exact) mass is 345 g/mol. The maximum atomic E-state index is 12.3. The fourth-order valence-corrected chi connectivity index (χ4v) is 3.30. The zero-order chi connectivity index (χ0) is 17.5. The highest BCUT2D eigenvalue weighted by Crippen LogP contribution is 2.22. The van der Waals surface area contributed by atoms with Gasteiger partial charge in [-0.25, -0.2) is 0 Å². The van der Waals surface area contributed by atoms with Crippen LogP contribution in [0.2, 0.25) is 0 Å². The molecule has 6 heteroatoms. The number of hydrogen-bond acceptors (Lipinski definition) is 4. The molecule has 0 saturated carbocycles. The van der Waals surface area contributed by atoms with Gasteiger partial charge in [0.25, 0.3) is 5.91 Å². The third-order valence-corrected chi connectivity index (χ3v) is 4.71. The Kier molecular flexibility index (Phi) is 6.52. The van der Waals surface area contributed by atoms with Crippen LogP contribution in [-0.2, 0) is 4.79 Å². The number of thiophene rings is 1. The van der Waals surface area contributed by atoms with E-state index in [1.54, 1.807) is 30.5 Å². The smallest absolute Gasteiger partial charge is 0.254 e. The Bertz CT molecular complexity index is 656. The lowest BCUT2D eigenvalue weighted by atomic mass is 10.2. The lowest BCUT2D eigenvalue weighted by molar-refractivity contribution is -0.121. The summed E-state index contributed by atoms with van der Waals surface area (Å²) >= 11 is 1.67. The highest BCUT2D eigenvalue weighted by atomic mass is 32.1. The summed E-state index contributed by atoms with van der Waals surface area (Å²) in [5, 5.41) is 4.95. The number of amides is 2. The van der Waals surface area contributed by atoms with E-state index in [0.717, 1.165) is 0 Å². The highest BCUT2D eigenvalue weighted by molar-refractivity contribution is 7.10. The van der Waals surface area contributed by atoms with Gasteiger partial charge in [-0.05, 0) is 37.7 Å². The molecule has 0 saturated heterocycles. The number of carbonyl (C=O) groups is 2. The number of benzene rings is 1. The van der Waals surface area contributed by atoms with Gasteiger partial charge in [0.15, 0.2) is 0 Å². The van der Waals surface area contributed by atoms with Crippen LogP contribution in [0.25, 0.3) is 0 Å². The predicted molar refractivity (Wildman–Crippen MR) is 97.2 cm³/mol. The maximum Gasteiger partial charge on any atom is 0.254 e. The second-order valence-corrected chi connectivity index (χ2v) is 6.81. The van der Waals surface area contributed by atoms with Crippen LogP contribution in [0.5, 0.6) is 0 Å². The van der Waals surface area contributed by atoms with Crippen LogP contribution in [0.4, 0.5) is 0 Å². The molecule has 2 rings (SSSR count). The largest absolute Gasteiger partial charge is 0.353 e. The minimum Gasteiger partial charge on any atom is -0.353 e. The van der Waals surface area contributed by atoms with Crippen molar-refractivity contribution in [2.45, 2.75) is 6.04 Å². The van der Waals surface area contributed by atoms with Crippen LogP contribution in [0.15, 0.2) is 47.8 Å². The first kappa shape index (κ1) is 18.2. The molecule has 0 aliphatic rings. The summed E-state index contributed by atoms with van der Waals surface area (Å²) in [6.07, 6.45) is 0. The molecule has 5 nitrogen and oxygen atoms in total.